The lowest BCUT2D eigenvalue weighted by Gasteiger charge is -2.20. The van der Waals surface area contributed by atoms with Crippen LogP contribution in [-0.2, 0) is 6.42 Å². The van der Waals surface area contributed by atoms with E-state index in [-0.39, 0.29) is 0 Å². The van der Waals surface area contributed by atoms with Gasteiger partial charge < -0.3 is 10.6 Å². The summed E-state index contributed by atoms with van der Waals surface area (Å²) in [4.78, 5) is 8.51. The lowest BCUT2D eigenvalue weighted by atomic mass is 10.1. The average Bonchev–Trinajstić information content (AvgIpc) is 2.38. The van der Waals surface area contributed by atoms with Crippen molar-refractivity contribution < 1.29 is 0 Å². The van der Waals surface area contributed by atoms with Crippen LogP contribution in [-0.4, -0.2) is 30.6 Å². The molecule has 4 nitrogen and oxygen atoms in total. The second-order valence-corrected chi connectivity index (χ2v) is 4.75. The molecular weight excluding hydrogens is 224 g/mol. The SMILES string of the molecule is CN=C(NCCc1ccccn1)NC(C)C(C)C. The van der Waals surface area contributed by atoms with Gasteiger partial charge in [-0.25, -0.2) is 0 Å². The van der Waals surface area contributed by atoms with Crippen molar-refractivity contribution in [2.24, 2.45) is 10.9 Å². The molecule has 1 rings (SSSR count). The number of aliphatic imine (C=N–C) groups is 1. The van der Waals surface area contributed by atoms with Crippen molar-refractivity contribution in [2.75, 3.05) is 13.6 Å². The zero-order valence-corrected chi connectivity index (χ0v) is 11.8. The van der Waals surface area contributed by atoms with Crippen molar-refractivity contribution >= 4 is 5.96 Å². The number of pyridine rings is 1. The Bertz CT molecular complexity index is 359. The summed E-state index contributed by atoms with van der Waals surface area (Å²) in [6.07, 6.45) is 2.72. The summed E-state index contributed by atoms with van der Waals surface area (Å²) in [6.45, 7) is 7.38. The van der Waals surface area contributed by atoms with Gasteiger partial charge in [-0.1, -0.05) is 19.9 Å². The summed E-state index contributed by atoms with van der Waals surface area (Å²) < 4.78 is 0. The number of hydrogen-bond donors (Lipinski definition) is 2. The Labute approximate surface area is 110 Å². The first kappa shape index (κ1) is 14.5. The van der Waals surface area contributed by atoms with Gasteiger partial charge in [-0.05, 0) is 25.0 Å². The zero-order chi connectivity index (χ0) is 13.4. The van der Waals surface area contributed by atoms with Crippen LogP contribution >= 0.6 is 0 Å². The van der Waals surface area contributed by atoms with Crippen molar-refractivity contribution in [1.29, 1.82) is 0 Å². The van der Waals surface area contributed by atoms with Crippen LogP contribution in [0, 0.1) is 5.92 Å². The molecule has 0 bridgehead atoms. The fourth-order valence-electron chi connectivity index (χ4n) is 1.43. The highest BCUT2D eigenvalue weighted by Crippen LogP contribution is 1.99. The van der Waals surface area contributed by atoms with Gasteiger partial charge in [0.2, 0.25) is 0 Å². The predicted molar refractivity (Wildman–Crippen MR) is 76.7 cm³/mol. The quantitative estimate of drug-likeness (QED) is 0.617. The molecule has 0 aliphatic rings. The second kappa shape index (κ2) is 7.69. The van der Waals surface area contributed by atoms with E-state index in [2.05, 4.69) is 41.4 Å². The number of nitrogens with one attached hydrogen (secondary N) is 2. The number of nitrogens with zero attached hydrogens (tertiary/aromatic N) is 2. The molecule has 1 atom stereocenters. The van der Waals surface area contributed by atoms with E-state index in [9.17, 15) is 0 Å². The van der Waals surface area contributed by atoms with E-state index in [4.69, 9.17) is 0 Å². The maximum atomic E-state index is 4.29. The van der Waals surface area contributed by atoms with Gasteiger partial charge in [0.15, 0.2) is 5.96 Å². The highest BCUT2D eigenvalue weighted by atomic mass is 15.2. The molecule has 1 aromatic heterocycles. The Balaban J connectivity index is 2.33. The highest BCUT2D eigenvalue weighted by Gasteiger charge is 2.08. The first-order valence-corrected chi connectivity index (χ1v) is 6.50. The van der Waals surface area contributed by atoms with Gasteiger partial charge in [-0.2, -0.15) is 0 Å². The Morgan fingerprint density at radius 2 is 2.11 bits per heavy atom. The van der Waals surface area contributed by atoms with Crippen molar-refractivity contribution in [3.63, 3.8) is 0 Å². The van der Waals surface area contributed by atoms with E-state index < -0.39 is 0 Å². The van der Waals surface area contributed by atoms with Crippen LogP contribution in [0.25, 0.3) is 0 Å². The first-order chi connectivity index (χ1) is 8.63. The minimum absolute atomic E-state index is 0.408. The van der Waals surface area contributed by atoms with Crippen molar-refractivity contribution in [2.45, 2.75) is 33.2 Å². The van der Waals surface area contributed by atoms with Crippen LogP contribution in [0.5, 0.6) is 0 Å². The zero-order valence-electron chi connectivity index (χ0n) is 11.8. The molecule has 0 spiro atoms. The number of hydrogen-bond acceptors (Lipinski definition) is 2. The van der Waals surface area contributed by atoms with Gasteiger partial charge in [-0.3, -0.25) is 9.98 Å². The molecule has 1 unspecified atom stereocenters. The fraction of sp³-hybridized carbons (Fsp3) is 0.571. The van der Waals surface area contributed by atoms with Gasteiger partial charge in [0, 0.05) is 37.9 Å². The van der Waals surface area contributed by atoms with Crippen molar-refractivity contribution in [1.82, 2.24) is 15.6 Å². The molecule has 100 valence electrons. The number of guanidine groups is 1. The molecule has 4 heteroatoms. The van der Waals surface area contributed by atoms with E-state index in [0.29, 0.717) is 12.0 Å². The molecular formula is C14H24N4. The van der Waals surface area contributed by atoms with Gasteiger partial charge in [0.05, 0.1) is 0 Å². The van der Waals surface area contributed by atoms with E-state index >= 15 is 0 Å². The van der Waals surface area contributed by atoms with Gasteiger partial charge in [0.1, 0.15) is 0 Å². The summed E-state index contributed by atoms with van der Waals surface area (Å²) in [6, 6.07) is 6.39. The summed E-state index contributed by atoms with van der Waals surface area (Å²) >= 11 is 0. The Morgan fingerprint density at radius 3 is 2.67 bits per heavy atom. The lowest BCUT2D eigenvalue weighted by molar-refractivity contribution is 0.481. The maximum Gasteiger partial charge on any atom is 0.191 e. The highest BCUT2D eigenvalue weighted by molar-refractivity contribution is 5.79. The minimum Gasteiger partial charge on any atom is -0.356 e. The second-order valence-electron chi connectivity index (χ2n) is 4.75. The van der Waals surface area contributed by atoms with Crippen LogP contribution in [0.2, 0.25) is 0 Å². The minimum atomic E-state index is 0.408. The van der Waals surface area contributed by atoms with E-state index in [1.807, 2.05) is 24.4 Å². The van der Waals surface area contributed by atoms with Crippen LogP contribution in [0.15, 0.2) is 29.4 Å². The molecule has 2 N–H and O–H groups in total. The molecule has 0 aliphatic heterocycles. The van der Waals surface area contributed by atoms with Crippen LogP contribution in [0.3, 0.4) is 0 Å². The molecule has 0 saturated carbocycles. The standard InChI is InChI=1S/C14H24N4/c1-11(2)12(3)18-14(15-4)17-10-8-13-7-5-6-9-16-13/h5-7,9,11-12H,8,10H2,1-4H3,(H2,15,17,18). The molecule has 0 amide bonds. The van der Waals surface area contributed by atoms with Crippen molar-refractivity contribution in [3.05, 3.63) is 30.1 Å². The smallest absolute Gasteiger partial charge is 0.191 e. The number of aromatic nitrogens is 1. The third kappa shape index (κ3) is 5.17. The Hall–Kier alpha value is -1.58. The lowest BCUT2D eigenvalue weighted by Crippen LogP contribution is -2.44. The molecule has 18 heavy (non-hydrogen) atoms. The summed E-state index contributed by atoms with van der Waals surface area (Å²) in [5, 5.41) is 6.67. The fourth-order valence-corrected chi connectivity index (χ4v) is 1.43. The van der Waals surface area contributed by atoms with Crippen LogP contribution in [0.4, 0.5) is 0 Å². The third-order valence-corrected chi connectivity index (χ3v) is 2.99. The number of rotatable bonds is 5. The molecule has 0 radical (unpaired) electrons. The van der Waals surface area contributed by atoms with E-state index in [0.717, 1.165) is 24.6 Å². The largest absolute Gasteiger partial charge is 0.356 e. The van der Waals surface area contributed by atoms with Crippen molar-refractivity contribution in [3.8, 4) is 0 Å². The van der Waals surface area contributed by atoms with Gasteiger partial charge >= 0.3 is 0 Å². The Kier molecular flexibility index (Phi) is 6.19. The van der Waals surface area contributed by atoms with Crippen LogP contribution in [0.1, 0.15) is 26.5 Å². The van der Waals surface area contributed by atoms with Gasteiger partial charge in [0.25, 0.3) is 0 Å². The predicted octanol–water partition coefficient (Wildman–Crippen LogP) is 1.83. The maximum absolute atomic E-state index is 4.29. The normalized spacial score (nSPS) is 13.5. The summed E-state index contributed by atoms with van der Waals surface area (Å²) in [5.74, 6) is 1.44. The van der Waals surface area contributed by atoms with E-state index in [1.165, 1.54) is 0 Å². The third-order valence-electron chi connectivity index (χ3n) is 2.99. The molecule has 1 heterocycles. The van der Waals surface area contributed by atoms with E-state index in [1.54, 1.807) is 7.05 Å². The summed E-state index contributed by atoms with van der Waals surface area (Å²) in [7, 11) is 1.79. The molecule has 0 aliphatic carbocycles. The molecule has 0 fully saturated rings. The monoisotopic (exact) mass is 248 g/mol. The molecule has 0 aromatic carbocycles. The topological polar surface area (TPSA) is 49.3 Å². The molecule has 1 aromatic rings. The molecule has 0 saturated heterocycles. The van der Waals surface area contributed by atoms with Crippen LogP contribution < -0.4 is 10.6 Å². The van der Waals surface area contributed by atoms with Gasteiger partial charge in [-0.15, -0.1) is 0 Å². The Morgan fingerprint density at radius 1 is 1.33 bits per heavy atom. The average molecular weight is 248 g/mol. The first-order valence-electron chi connectivity index (χ1n) is 6.50. The summed E-state index contributed by atoms with van der Waals surface area (Å²) in [5.41, 5.74) is 1.09.